The summed E-state index contributed by atoms with van der Waals surface area (Å²) < 4.78 is 6.83. The maximum atomic E-state index is 11.6. The Morgan fingerprint density at radius 3 is 2.80 bits per heavy atom. The molecule has 0 spiro atoms. The number of nitrogens with two attached hydrogens (primary N) is 1. The summed E-state index contributed by atoms with van der Waals surface area (Å²) in [5.41, 5.74) is 8.74. The highest BCUT2D eigenvalue weighted by Crippen LogP contribution is 2.36. The second-order valence-electron chi connectivity index (χ2n) is 5.89. The lowest BCUT2D eigenvalue weighted by atomic mass is 9.77. The van der Waals surface area contributed by atoms with Crippen LogP contribution in [0.5, 0.6) is 0 Å². The summed E-state index contributed by atoms with van der Waals surface area (Å²) in [6.45, 7) is 0.660. The van der Waals surface area contributed by atoms with Crippen molar-refractivity contribution >= 4 is 11.1 Å². The average molecular weight is 274 g/mol. The maximum Gasteiger partial charge on any atom is 0.419 e. The van der Waals surface area contributed by atoms with Crippen LogP contribution in [0.4, 0.5) is 0 Å². The molecular weight excluding hydrogens is 252 g/mol. The van der Waals surface area contributed by atoms with Gasteiger partial charge >= 0.3 is 5.76 Å². The number of hydrogen-bond acceptors (Lipinski definition) is 3. The number of oxazole rings is 1. The zero-order valence-electron chi connectivity index (χ0n) is 12.0. The average Bonchev–Trinajstić information content (AvgIpc) is 2.76. The summed E-state index contributed by atoms with van der Waals surface area (Å²) in [5, 5.41) is 0. The van der Waals surface area contributed by atoms with Crippen molar-refractivity contribution in [2.24, 2.45) is 18.7 Å². The first-order valence-corrected chi connectivity index (χ1v) is 7.50. The van der Waals surface area contributed by atoms with Gasteiger partial charge in [-0.05, 0) is 48.9 Å². The van der Waals surface area contributed by atoms with Gasteiger partial charge in [0.25, 0.3) is 0 Å². The fourth-order valence-corrected chi connectivity index (χ4v) is 3.52. The Hall–Kier alpha value is -1.55. The van der Waals surface area contributed by atoms with Gasteiger partial charge in [-0.3, -0.25) is 4.57 Å². The zero-order valence-corrected chi connectivity index (χ0v) is 12.0. The molecule has 4 heteroatoms. The second-order valence-corrected chi connectivity index (χ2v) is 5.89. The molecule has 1 aliphatic carbocycles. The lowest BCUT2D eigenvalue weighted by Crippen LogP contribution is -2.23. The fourth-order valence-electron chi connectivity index (χ4n) is 3.52. The van der Waals surface area contributed by atoms with Gasteiger partial charge in [0.05, 0.1) is 5.52 Å². The van der Waals surface area contributed by atoms with Crippen LogP contribution < -0.4 is 11.5 Å². The van der Waals surface area contributed by atoms with Gasteiger partial charge in [0, 0.05) is 7.05 Å². The SMILES string of the molecule is Cn1c(=O)oc2cc(C(CN)C3CCCCC3)ccc21. The molecule has 1 unspecified atom stereocenters. The molecule has 1 atom stereocenters. The molecule has 0 bridgehead atoms. The molecule has 1 aliphatic rings. The molecule has 3 rings (SSSR count). The van der Waals surface area contributed by atoms with E-state index >= 15 is 0 Å². The van der Waals surface area contributed by atoms with Gasteiger partial charge in [-0.25, -0.2) is 4.79 Å². The Kier molecular flexibility index (Phi) is 3.66. The lowest BCUT2D eigenvalue weighted by Gasteiger charge is -2.29. The molecule has 0 aliphatic heterocycles. The van der Waals surface area contributed by atoms with Gasteiger partial charge in [0.1, 0.15) is 0 Å². The van der Waals surface area contributed by atoms with Crippen molar-refractivity contribution in [2.45, 2.75) is 38.0 Å². The van der Waals surface area contributed by atoms with Crippen molar-refractivity contribution in [3.63, 3.8) is 0 Å². The number of fused-ring (bicyclic) bond motifs is 1. The van der Waals surface area contributed by atoms with E-state index in [0.717, 1.165) is 5.52 Å². The molecule has 2 N–H and O–H groups in total. The molecule has 4 nitrogen and oxygen atoms in total. The number of rotatable bonds is 3. The molecular formula is C16H22N2O2. The van der Waals surface area contributed by atoms with Crippen molar-refractivity contribution in [3.05, 3.63) is 34.3 Å². The molecule has 1 aromatic heterocycles. The van der Waals surface area contributed by atoms with Crippen molar-refractivity contribution in [2.75, 3.05) is 6.54 Å². The van der Waals surface area contributed by atoms with E-state index in [2.05, 4.69) is 6.07 Å². The summed E-state index contributed by atoms with van der Waals surface area (Å²) in [6.07, 6.45) is 6.49. The Balaban J connectivity index is 1.96. The van der Waals surface area contributed by atoms with Gasteiger partial charge < -0.3 is 10.2 Å². The van der Waals surface area contributed by atoms with E-state index in [1.54, 1.807) is 7.05 Å². The van der Waals surface area contributed by atoms with E-state index in [0.29, 0.717) is 24.0 Å². The van der Waals surface area contributed by atoms with Crippen LogP contribution >= 0.6 is 0 Å². The van der Waals surface area contributed by atoms with Crippen LogP contribution in [0.2, 0.25) is 0 Å². The molecule has 20 heavy (non-hydrogen) atoms. The first-order chi connectivity index (χ1) is 9.70. The summed E-state index contributed by atoms with van der Waals surface area (Å²) in [4.78, 5) is 11.6. The number of benzene rings is 1. The van der Waals surface area contributed by atoms with Crippen LogP contribution in [0.1, 0.15) is 43.6 Å². The Morgan fingerprint density at radius 1 is 1.35 bits per heavy atom. The number of aryl methyl sites for hydroxylation is 1. The third kappa shape index (κ3) is 2.29. The summed E-state index contributed by atoms with van der Waals surface area (Å²) in [6, 6.07) is 6.08. The number of aromatic nitrogens is 1. The van der Waals surface area contributed by atoms with Crippen LogP contribution in [0.3, 0.4) is 0 Å². The van der Waals surface area contributed by atoms with Crippen LogP contribution in [0.15, 0.2) is 27.4 Å². The monoisotopic (exact) mass is 274 g/mol. The largest absolute Gasteiger partial charge is 0.419 e. The van der Waals surface area contributed by atoms with Crippen molar-refractivity contribution < 1.29 is 4.42 Å². The highest BCUT2D eigenvalue weighted by Gasteiger charge is 2.24. The first kappa shape index (κ1) is 13.4. The third-order valence-corrected chi connectivity index (χ3v) is 4.72. The number of hydrogen-bond donors (Lipinski definition) is 1. The normalized spacial score (nSPS) is 18.5. The molecule has 1 aromatic carbocycles. The molecule has 2 aromatic rings. The number of nitrogens with zero attached hydrogens (tertiary/aromatic N) is 1. The Bertz CT molecular complexity index is 650. The quantitative estimate of drug-likeness (QED) is 0.936. The Labute approximate surface area is 118 Å². The van der Waals surface area contributed by atoms with Gasteiger partial charge in [-0.15, -0.1) is 0 Å². The molecule has 108 valence electrons. The van der Waals surface area contributed by atoms with Crippen molar-refractivity contribution in [3.8, 4) is 0 Å². The van der Waals surface area contributed by atoms with Crippen LogP contribution in [0, 0.1) is 5.92 Å². The minimum absolute atomic E-state index is 0.306. The lowest BCUT2D eigenvalue weighted by molar-refractivity contribution is 0.307. The van der Waals surface area contributed by atoms with Gasteiger partial charge in [0.2, 0.25) is 0 Å². The summed E-state index contributed by atoms with van der Waals surface area (Å²) in [5.74, 6) is 0.742. The van der Waals surface area contributed by atoms with E-state index in [4.69, 9.17) is 10.2 Å². The fraction of sp³-hybridized carbons (Fsp3) is 0.562. The smallest absolute Gasteiger partial charge is 0.408 e. The minimum Gasteiger partial charge on any atom is -0.408 e. The zero-order chi connectivity index (χ0) is 14.1. The highest BCUT2D eigenvalue weighted by atomic mass is 16.4. The third-order valence-electron chi connectivity index (χ3n) is 4.72. The van der Waals surface area contributed by atoms with Crippen LogP contribution in [0.25, 0.3) is 11.1 Å². The first-order valence-electron chi connectivity index (χ1n) is 7.50. The summed E-state index contributed by atoms with van der Waals surface area (Å²) in [7, 11) is 1.73. The molecule has 0 saturated heterocycles. The standard InChI is InChI=1S/C16H22N2O2/c1-18-14-8-7-12(9-15(14)20-16(18)19)13(10-17)11-5-3-2-4-6-11/h7-9,11,13H,2-6,10,17H2,1H3. The molecule has 0 amide bonds. The van der Waals surface area contributed by atoms with Gasteiger partial charge in [-0.2, -0.15) is 0 Å². The topological polar surface area (TPSA) is 61.2 Å². The van der Waals surface area contributed by atoms with Crippen molar-refractivity contribution in [1.82, 2.24) is 4.57 Å². The van der Waals surface area contributed by atoms with E-state index in [-0.39, 0.29) is 5.76 Å². The van der Waals surface area contributed by atoms with Crippen LogP contribution in [-0.4, -0.2) is 11.1 Å². The molecule has 1 fully saturated rings. The van der Waals surface area contributed by atoms with E-state index < -0.39 is 0 Å². The second kappa shape index (κ2) is 5.44. The van der Waals surface area contributed by atoms with E-state index in [1.165, 1.54) is 42.2 Å². The van der Waals surface area contributed by atoms with E-state index in [1.807, 2.05) is 12.1 Å². The van der Waals surface area contributed by atoms with Crippen LogP contribution in [-0.2, 0) is 7.05 Å². The van der Waals surface area contributed by atoms with Crippen molar-refractivity contribution in [1.29, 1.82) is 0 Å². The summed E-state index contributed by atoms with van der Waals surface area (Å²) >= 11 is 0. The Morgan fingerprint density at radius 2 is 2.10 bits per heavy atom. The maximum absolute atomic E-state index is 11.6. The minimum atomic E-state index is -0.306. The van der Waals surface area contributed by atoms with Gasteiger partial charge in [0.15, 0.2) is 5.58 Å². The van der Waals surface area contributed by atoms with Gasteiger partial charge in [-0.1, -0.05) is 25.3 Å². The molecule has 1 heterocycles. The molecule has 1 saturated carbocycles. The predicted octanol–water partition coefficient (Wildman–Crippen LogP) is 2.75. The predicted molar refractivity (Wildman–Crippen MR) is 79.8 cm³/mol. The molecule has 0 radical (unpaired) electrons. The highest BCUT2D eigenvalue weighted by molar-refractivity contribution is 5.73. The van der Waals surface area contributed by atoms with E-state index in [9.17, 15) is 4.79 Å².